The van der Waals surface area contributed by atoms with Crippen LogP contribution in [-0.2, 0) is 9.59 Å². The molecule has 0 aromatic carbocycles. The van der Waals surface area contributed by atoms with Crippen LogP contribution in [-0.4, -0.2) is 21.8 Å². The molecule has 1 unspecified atom stereocenters. The smallest absolute Gasteiger partial charge is 0.143 e. The number of nitrogens with zero attached hydrogens (tertiary/aromatic N) is 1. The highest BCUT2D eigenvalue weighted by Gasteiger charge is 2.19. The molecule has 3 nitrogen and oxygen atoms in total. The number of thioether (sulfide) groups is 1. The Balaban J connectivity index is 2.80. The minimum absolute atomic E-state index is 0.0188. The van der Waals surface area contributed by atoms with Gasteiger partial charge in [0.2, 0.25) is 0 Å². The number of Topliss-reactive ketones (excluding diaryl/α,β-unsaturated/α-hetero) is 2. The van der Waals surface area contributed by atoms with Crippen molar-refractivity contribution < 1.29 is 9.59 Å². The van der Waals surface area contributed by atoms with Gasteiger partial charge in [-0.1, -0.05) is 17.8 Å². The van der Waals surface area contributed by atoms with Crippen LogP contribution in [0.4, 0.5) is 0 Å². The lowest BCUT2D eigenvalue weighted by Gasteiger charge is -2.12. The molecule has 0 spiro atoms. The largest absolute Gasteiger partial charge is 0.300 e. The average Bonchev–Trinajstić information content (AvgIpc) is 2.19. The summed E-state index contributed by atoms with van der Waals surface area (Å²) in [4.78, 5) is 26.6. The highest BCUT2D eigenvalue weighted by atomic mass is 32.2. The Morgan fingerprint density at radius 3 is 2.62 bits per heavy atom. The van der Waals surface area contributed by atoms with Gasteiger partial charge in [-0.05, 0) is 32.4 Å². The minimum Gasteiger partial charge on any atom is -0.300 e. The molecule has 0 aliphatic rings. The van der Waals surface area contributed by atoms with Crippen molar-refractivity contribution in [3.63, 3.8) is 0 Å². The zero-order chi connectivity index (χ0) is 12.1. The lowest BCUT2D eigenvalue weighted by molar-refractivity contribution is -0.121. The summed E-state index contributed by atoms with van der Waals surface area (Å²) in [5.41, 5.74) is 1.03. The fraction of sp³-hybridized carbons (Fsp3) is 0.417. The maximum Gasteiger partial charge on any atom is 0.143 e. The second-order valence-electron chi connectivity index (χ2n) is 3.75. The van der Waals surface area contributed by atoms with Gasteiger partial charge in [-0.15, -0.1) is 0 Å². The van der Waals surface area contributed by atoms with Crippen molar-refractivity contribution in [3.8, 4) is 0 Å². The first-order chi connectivity index (χ1) is 7.50. The minimum atomic E-state index is -0.314. The average molecular weight is 237 g/mol. The predicted octanol–water partition coefficient (Wildman–Crippen LogP) is 2.42. The second-order valence-corrected chi connectivity index (χ2v) is 4.94. The molecule has 1 rings (SSSR count). The van der Waals surface area contributed by atoms with Crippen LogP contribution in [0.5, 0.6) is 0 Å². The predicted molar refractivity (Wildman–Crippen MR) is 64.6 cm³/mol. The van der Waals surface area contributed by atoms with E-state index in [2.05, 4.69) is 4.98 Å². The van der Waals surface area contributed by atoms with E-state index in [-0.39, 0.29) is 23.2 Å². The molecule has 0 saturated carbocycles. The van der Waals surface area contributed by atoms with Gasteiger partial charge in [-0.3, -0.25) is 9.59 Å². The summed E-state index contributed by atoms with van der Waals surface area (Å²) in [6.45, 7) is 4.96. The Morgan fingerprint density at radius 1 is 1.44 bits per heavy atom. The van der Waals surface area contributed by atoms with Crippen LogP contribution in [0.3, 0.4) is 0 Å². The van der Waals surface area contributed by atoms with Crippen molar-refractivity contribution >= 4 is 23.3 Å². The van der Waals surface area contributed by atoms with Crippen LogP contribution in [0.15, 0.2) is 23.4 Å². The Bertz CT molecular complexity index is 404. The van der Waals surface area contributed by atoms with Crippen LogP contribution in [0.2, 0.25) is 0 Å². The number of carbonyl (C=O) groups excluding carboxylic acids is 2. The van der Waals surface area contributed by atoms with Gasteiger partial charge >= 0.3 is 0 Å². The summed E-state index contributed by atoms with van der Waals surface area (Å²) < 4.78 is 0. The molecule has 4 heteroatoms. The van der Waals surface area contributed by atoms with Crippen molar-refractivity contribution in [1.82, 2.24) is 4.98 Å². The van der Waals surface area contributed by atoms with E-state index in [0.29, 0.717) is 0 Å². The summed E-state index contributed by atoms with van der Waals surface area (Å²) >= 11 is 1.37. The summed E-state index contributed by atoms with van der Waals surface area (Å²) in [6.07, 6.45) is 1.97. The van der Waals surface area contributed by atoms with Gasteiger partial charge in [-0.2, -0.15) is 0 Å². The number of ketones is 2. The van der Waals surface area contributed by atoms with Crippen LogP contribution < -0.4 is 0 Å². The number of pyridine rings is 1. The Labute approximate surface area is 99.7 Å². The third-order valence-corrected chi connectivity index (χ3v) is 3.58. The first-order valence-corrected chi connectivity index (χ1v) is 5.97. The lowest BCUT2D eigenvalue weighted by Crippen LogP contribution is -2.17. The number of aromatic nitrogens is 1. The molecule has 0 amide bonds. The first-order valence-electron chi connectivity index (χ1n) is 5.09. The third kappa shape index (κ3) is 3.77. The topological polar surface area (TPSA) is 47.0 Å². The van der Waals surface area contributed by atoms with Crippen molar-refractivity contribution in [1.29, 1.82) is 0 Å². The molecule has 0 bridgehead atoms. The maximum absolute atomic E-state index is 11.4. The Hall–Kier alpha value is -1.16. The van der Waals surface area contributed by atoms with Crippen molar-refractivity contribution in [2.45, 2.75) is 37.5 Å². The molecule has 0 radical (unpaired) electrons. The summed E-state index contributed by atoms with van der Waals surface area (Å²) in [5, 5.41) is 0.509. The van der Waals surface area contributed by atoms with E-state index in [1.807, 2.05) is 19.1 Å². The summed E-state index contributed by atoms with van der Waals surface area (Å²) in [5.74, 6) is 0.0477. The summed E-state index contributed by atoms with van der Waals surface area (Å²) in [7, 11) is 0. The van der Waals surface area contributed by atoms with Crippen molar-refractivity contribution in [2.75, 3.05) is 0 Å². The number of hydrogen-bond donors (Lipinski definition) is 0. The van der Waals surface area contributed by atoms with Crippen molar-refractivity contribution in [2.24, 2.45) is 0 Å². The van der Waals surface area contributed by atoms with E-state index in [9.17, 15) is 9.59 Å². The first kappa shape index (κ1) is 12.9. The van der Waals surface area contributed by atoms with Gasteiger partial charge in [0.05, 0.1) is 10.3 Å². The van der Waals surface area contributed by atoms with Crippen molar-refractivity contribution in [3.05, 3.63) is 23.9 Å². The van der Waals surface area contributed by atoms with E-state index < -0.39 is 0 Å². The van der Waals surface area contributed by atoms with Gasteiger partial charge < -0.3 is 0 Å². The molecule has 0 saturated heterocycles. The molecular weight excluding hydrogens is 222 g/mol. The van der Waals surface area contributed by atoms with Crippen LogP contribution >= 0.6 is 11.8 Å². The van der Waals surface area contributed by atoms with E-state index in [1.54, 1.807) is 6.20 Å². The highest BCUT2D eigenvalue weighted by molar-refractivity contribution is 8.00. The van der Waals surface area contributed by atoms with Crippen LogP contribution in [0, 0.1) is 6.92 Å². The molecule has 1 aromatic heterocycles. The summed E-state index contributed by atoms with van der Waals surface area (Å²) in [6, 6.07) is 3.80. The van der Waals surface area contributed by atoms with Gasteiger partial charge in [0, 0.05) is 12.6 Å². The molecule has 1 atom stereocenters. The molecule has 1 aromatic rings. The van der Waals surface area contributed by atoms with Gasteiger partial charge in [0.15, 0.2) is 0 Å². The molecule has 1 heterocycles. The fourth-order valence-electron chi connectivity index (χ4n) is 1.26. The SMILES string of the molecule is CC(=O)CC(Sc1ncccc1C)C(C)=O. The standard InChI is InChI=1S/C12H15NO2S/c1-8-5-4-6-13-12(8)16-11(10(3)15)7-9(2)14/h4-6,11H,7H2,1-3H3. The van der Waals surface area contributed by atoms with Gasteiger partial charge in [0.1, 0.15) is 11.6 Å². The molecule has 0 fully saturated rings. The second kappa shape index (κ2) is 5.80. The quantitative estimate of drug-likeness (QED) is 0.738. The van der Waals surface area contributed by atoms with E-state index in [1.165, 1.54) is 25.6 Å². The van der Waals surface area contributed by atoms with Crippen LogP contribution in [0.25, 0.3) is 0 Å². The molecule has 0 aliphatic carbocycles. The zero-order valence-corrected chi connectivity index (χ0v) is 10.5. The Kier molecular flexibility index (Phi) is 4.68. The van der Waals surface area contributed by atoms with E-state index >= 15 is 0 Å². The van der Waals surface area contributed by atoms with Gasteiger partial charge in [0.25, 0.3) is 0 Å². The number of rotatable bonds is 5. The molecule has 0 aliphatic heterocycles. The number of carbonyl (C=O) groups is 2. The monoisotopic (exact) mass is 237 g/mol. The lowest BCUT2D eigenvalue weighted by atomic mass is 10.2. The number of aryl methyl sites for hydroxylation is 1. The molecule has 16 heavy (non-hydrogen) atoms. The number of hydrogen-bond acceptors (Lipinski definition) is 4. The normalized spacial score (nSPS) is 12.2. The van der Waals surface area contributed by atoms with Crippen LogP contribution in [0.1, 0.15) is 25.8 Å². The third-order valence-electron chi connectivity index (χ3n) is 2.14. The molecule has 0 N–H and O–H groups in total. The molecule has 86 valence electrons. The Morgan fingerprint density at radius 2 is 2.12 bits per heavy atom. The highest BCUT2D eigenvalue weighted by Crippen LogP contribution is 2.26. The maximum atomic E-state index is 11.4. The zero-order valence-electron chi connectivity index (χ0n) is 9.69. The van der Waals surface area contributed by atoms with Gasteiger partial charge in [-0.25, -0.2) is 4.98 Å². The van der Waals surface area contributed by atoms with E-state index in [4.69, 9.17) is 0 Å². The fourth-order valence-corrected chi connectivity index (χ4v) is 2.39. The molecular formula is C12H15NO2S. The van der Waals surface area contributed by atoms with E-state index in [0.717, 1.165) is 10.6 Å².